The summed E-state index contributed by atoms with van der Waals surface area (Å²) in [6, 6.07) is 3.75. The fourth-order valence-electron chi connectivity index (χ4n) is 2.59. The zero-order valence-electron chi connectivity index (χ0n) is 11.5. The van der Waals surface area contributed by atoms with Gasteiger partial charge in [-0.25, -0.2) is 0 Å². The molecule has 1 aliphatic heterocycles. The summed E-state index contributed by atoms with van der Waals surface area (Å²) in [4.78, 5) is 2.18. The van der Waals surface area contributed by atoms with Gasteiger partial charge in [-0.3, -0.25) is 4.90 Å². The smallest absolute Gasteiger partial charge is 0.162 e. The Morgan fingerprint density at radius 3 is 2.84 bits per heavy atom. The van der Waals surface area contributed by atoms with Crippen molar-refractivity contribution >= 4 is 11.6 Å². The highest BCUT2D eigenvalue weighted by atomic mass is 35.5. The molecule has 2 rings (SSSR count). The Hall–Kier alpha value is -0.970. The number of methoxy groups -OCH3 is 1. The van der Waals surface area contributed by atoms with Crippen LogP contribution >= 0.6 is 11.6 Å². The molecule has 1 fully saturated rings. The third-order valence-corrected chi connectivity index (χ3v) is 3.88. The third-order valence-electron chi connectivity index (χ3n) is 3.66. The molecule has 5 heteroatoms. The van der Waals surface area contributed by atoms with E-state index in [1.165, 1.54) is 7.11 Å². The van der Waals surface area contributed by atoms with Crippen LogP contribution in [0.2, 0.25) is 5.02 Å². The third kappa shape index (κ3) is 3.14. The molecule has 19 heavy (non-hydrogen) atoms. The summed E-state index contributed by atoms with van der Waals surface area (Å²) in [7, 11) is 3.55. The van der Waals surface area contributed by atoms with Crippen molar-refractivity contribution in [3.8, 4) is 11.5 Å². The number of benzene rings is 1. The van der Waals surface area contributed by atoms with Crippen molar-refractivity contribution in [2.24, 2.45) is 0 Å². The van der Waals surface area contributed by atoms with Crippen molar-refractivity contribution in [3.05, 3.63) is 22.7 Å². The second-order valence-corrected chi connectivity index (χ2v) is 5.40. The molecule has 0 aliphatic carbocycles. The minimum Gasteiger partial charge on any atom is -0.504 e. The topological polar surface area (TPSA) is 41.9 Å². The van der Waals surface area contributed by atoms with E-state index in [2.05, 4.69) is 11.8 Å². The predicted molar refractivity (Wildman–Crippen MR) is 75.0 cm³/mol. The molecule has 0 aromatic heterocycles. The number of phenolic OH excluding ortho intramolecular Hbond substituents is 1. The summed E-state index contributed by atoms with van der Waals surface area (Å²) in [6.07, 6.45) is 1.23. The quantitative estimate of drug-likeness (QED) is 0.923. The number of halogens is 1. The Morgan fingerprint density at radius 2 is 2.26 bits per heavy atom. The minimum absolute atomic E-state index is 0.158. The number of nitrogens with zero attached hydrogens (tertiary/aromatic N) is 1. The molecule has 2 atom stereocenters. The second-order valence-electron chi connectivity index (χ2n) is 4.96. The lowest BCUT2D eigenvalue weighted by atomic mass is 10.1. The molecule has 1 aliphatic rings. The standard InChI is InChI=1S/C14H20ClNO3/c1-9-12(4-5-19-9)16(2)8-10-6-11(15)7-13(18-3)14(10)17/h6-7,9,12,17H,4-5,8H2,1-3H3. The first kappa shape index (κ1) is 14.4. The lowest BCUT2D eigenvalue weighted by Crippen LogP contribution is -2.36. The van der Waals surface area contributed by atoms with Crippen LogP contribution in [0.25, 0.3) is 0 Å². The normalized spacial score (nSPS) is 23.0. The Bertz CT molecular complexity index is 453. The Labute approximate surface area is 118 Å². The maximum absolute atomic E-state index is 10.1. The van der Waals surface area contributed by atoms with Crippen molar-refractivity contribution < 1.29 is 14.6 Å². The molecule has 106 valence electrons. The van der Waals surface area contributed by atoms with E-state index in [0.29, 0.717) is 23.4 Å². The van der Waals surface area contributed by atoms with Gasteiger partial charge in [0.15, 0.2) is 11.5 Å². The summed E-state index contributed by atoms with van der Waals surface area (Å²) in [6.45, 7) is 3.48. The SMILES string of the molecule is COc1cc(Cl)cc(CN(C)C2CCOC2C)c1O. The molecular formula is C14H20ClNO3. The van der Waals surface area contributed by atoms with E-state index in [4.69, 9.17) is 21.1 Å². The molecule has 0 amide bonds. The van der Waals surface area contributed by atoms with Crippen molar-refractivity contribution in [3.63, 3.8) is 0 Å². The molecule has 1 saturated heterocycles. The van der Waals surface area contributed by atoms with Gasteiger partial charge in [-0.2, -0.15) is 0 Å². The van der Waals surface area contributed by atoms with E-state index in [-0.39, 0.29) is 11.9 Å². The van der Waals surface area contributed by atoms with Gasteiger partial charge < -0.3 is 14.6 Å². The fraction of sp³-hybridized carbons (Fsp3) is 0.571. The second kappa shape index (κ2) is 5.99. The van der Waals surface area contributed by atoms with Gasteiger partial charge in [-0.05, 0) is 26.5 Å². The number of phenols is 1. The van der Waals surface area contributed by atoms with Crippen molar-refractivity contribution in [2.45, 2.75) is 32.0 Å². The van der Waals surface area contributed by atoms with Gasteiger partial charge in [0.25, 0.3) is 0 Å². The van der Waals surface area contributed by atoms with E-state index < -0.39 is 0 Å². The maximum atomic E-state index is 10.1. The lowest BCUT2D eigenvalue weighted by molar-refractivity contribution is 0.0811. The zero-order valence-corrected chi connectivity index (χ0v) is 12.3. The predicted octanol–water partition coefficient (Wildman–Crippen LogP) is 2.66. The molecule has 1 heterocycles. The molecule has 2 unspecified atom stereocenters. The summed E-state index contributed by atoms with van der Waals surface area (Å²) in [5, 5.41) is 10.7. The number of ether oxygens (including phenoxy) is 2. The highest BCUT2D eigenvalue weighted by Crippen LogP contribution is 2.34. The molecule has 1 N–H and O–H groups in total. The van der Waals surface area contributed by atoms with Gasteiger partial charge >= 0.3 is 0 Å². The number of hydrogen-bond acceptors (Lipinski definition) is 4. The first-order valence-corrected chi connectivity index (χ1v) is 6.78. The molecule has 1 aromatic carbocycles. The van der Waals surface area contributed by atoms with E-state index in [1.54, 1.807) is 12.1 Å². The van der Waals surface area contributed by atoms with Gasteiger partial charge in [0.1, 0.15) is 0 Å². The highest BCUT2D eigenvalue weighted by Gasteiger charge is 2.28. The monoisotopic (exact) mass is 285 g/mol. The van der Waals surface area contributed by atoms with Gasteiger partial charge in [0.05, 0.1) is 13.2 Å². The Balaban J connectivity index is 2.16. The number of likely N-dealkylation sites (N-methyl/N-ethyl adjacent to an activating group) is 1. The summed E-state index contributed by atoms with van der Waals surface area (Å²) in [5.74, 6) is 0.567. The molecule has 0 spiro atoms. The highest BCUT2D eigenvalue weighted by molar-refractivity contribution is 6.30. The molecule has 4 nitrogen and oxygen atoms in total. The van der Waals surface area contributed by atoms with Crippen LogP contribution in [0.3, 0.4) is 0 Å². The van der Waals surface area contributed by atoms with Crippen LogP contribution in [0.5, 0.6) is 11.5 Å². The van der Waals surface area contributed by atoms with Gasteiger partial charge in [-0.1, -0.05) is 11.6 Å². The van der Waals surface area contributed by atoms with Crippen LogP contribution in [-0.2, 0) is 11.3 Å². The molecule has 0 radical (unpaired) electrons. The average Bonchev–Trinajstić information content (AvgIpc) is 2.79. The molecule has 1 aromatic rings. The van der Waals surface area contributed by atoms with E-state index in [0.717, 1.165) is 18.6 Å². The average molecular weight is 286 g/mol. The van der Waals surface area contributed by atoms with Crippen LogP contribution < -0.4 is 4.74 Å². The van der Waals surface area contributed by atoms with E-state index in [1.807, 2.05) is 7.05 Å². The molecule has 0 bridgehead atoms. The summed E-state index contributed by atoms with van der Waals surface area (Å²) in [5.41, 5.74) is 0.769. The summed E-state index contributed by atoms with van der Waals surface area (Å²) >= 11 is 6.04. The van der Waals surface area contributed by atoms with Crippen LogP contribution in [0.1, 0.15) is 18.9 Å². The Morgan fingerprint density at radius 1 is 1.53 bits per heavy atom. The zero-order chi connectivity index (χ0) is 14.0. The van der Waals surface area contributed by atoms with Gasteiger partial charge in [-0.15, -0.1) is 0 Å². The minimum atomic E-state index is 0.158. The van der Waals surface area contributed by atoms with Crippen molar-refractivity contribution in [2.75, 3.05) is 20.8 Å². The summed E-state index contributed by atoms with van der Waals surface area (Å²) < 4.78 is 10.7. The van der Waals surface area contributed by atoms with Gasteiger partial charge in [0.2, 0.25) is 0 Å². The number of rotatable bonds is 4. The van der Waals surface area contributed by atoms with E-state index in [9.17, 15) is 5.11 Å². The Kier molecular flexibility index (Phi) is 4.55. The van der Waals surface area contributed by atoms with Crippen LogP contribution in [0.15, 0.2) is 12.1 Å². The fourth-order valence-corrected chi connectivity index (χ4v) is 2.82. The first-order chi connectivity index (χ1) is 9.02. The van der Waals surface area contributed by atoms with E-state index >= 15 is 0 Å². The van der Waals surface area contributed by atoms with Crippen LogP contribution in [0.4, 0.5) is 0 Å². The van der Waals surface area contributed by atoms with Crippen LogP contribution in [-0.4, -0.2) is 42.9 Å². The molecule has 0 saturated carbocycles. The first-order valence-electron chi connectivity index (χ1n) is 6.40. The molecular weight excluding hydrogens is 266 g/mol. The van der Waals surface area contributed by atoms with Crippen LogP contribution in [0, 0.1) is 0 Å². The number of aromatic hydroxyl groups is 1. The largest absolute Gasteiger partial charge is 0.504 e. The van der Waals surface area contributed by atoms with Gasteiger partial charge in [0, 0.05) is 35.8 Å². The van der Waals surface area contributed by atoms with Crippen molar-refractivity contribution in [1.29, 1.82) is 0 Å². The number of hydrogen-bond donors (Lipinski definition) is 1. The maximum Gasteiger partial charge on any atom is 0.162 e. The lowest BCUT2D eigenvalue weighted by Gasteiger charge is -2.27. The van der Waals surface area contributed by atoms with Crippen molar-refractivity contribution in [1.82, 2.24) is 4.90 Å².